The Morgan fingerprint density at radius 3 is 1.46 bits per heavy atom. The number of aliphatic hydroxyl groups is 2. The number of fused-ring (bicyclic) bond motifs is 2. The van der Waals surface area contributed by atoms with Crippen molar-refractivity contribution in [3.05, 3.63) is 166 Å². The molecule has 0 fully saturated rings. The van der Waals surface area contributed by atoms with E-state index in [4.69, 9.17) is 58.2 Å². The summed E-state index contributed by atoms with van der Waals surface area (Å²) in [6.07, 6.45) is -0.368. The van der Waals surface area contributed by atoms with E-state index in [9.17, 15) is 44.2 Å². The number of rotatable bonds is 24. The molecular weight excluding hydrogens is 1120 g/mol. The second-order valence-corrected chi connectivity index (χ2v) is 19.8. The third kappa shape index (κ3) is 19.7. The fraction of sp³-hybridized carbons (Fsp3) is 0.288. The van der Waals surface area contributed by atoms with Crippen LogP contribution in [0.3, 0.4) is 0 Å². The van der Waals surface area contributed by atoms with Gasteiger partial charge in [-0.2, -0.15) is 0 Å². The van der Waals surface area contributed by atoms with E-state index in [1.165, 1.54) is 24.3 Å². The normalized spacial score (nSPS) is 12.3. The number of carboxylic acid groups (broad SMARTS) is 1. The Balaban J connectivity index is 0.000000227. The molecule has 436 valence electrons. The van der Waals surface area contributed by atoms with Gasteiger partial charge in [0.05, 0.1) is 5.56 Å². The first-order valence-electron chi connectivity index (χ1n) is 26.1. The quantitative estimate of drug-likeness (QED) is 0.0142. The average molecular weight is 1180 g/mol. The van der Waals surface area contributed by atoms with Crippen molar-refractivity contribution in [1.29, 1.82) is 0 Å². The third-order valence-corrected chi connectivity index (χ3v) is 13.0. The van der Waals surface area contributed by atoms with Gasteiger partial charge in [-0.1, -0.05) is 120 Å². The van der Waals surface area contributed by atoms with Crippen LogP contribution >= 0.6 is 23.2 Å². The summed E-state index contributed by atoms with van der Waals surface area (Å²) in [4.78, 5) is 71.8. The summed E-state index contributed by atoms with van der Waals surface area (Å²) in [5.74, 6) is -4.51. The highest BCUT2D eigenvalue weighted by Gasteiger charge is 2.26. The van der Waals surface area contributed by atoms with Gasteiger partial charge in [0.2, 0.25) is 13.6 Å². The lowest BCUT2D eigenvalue weighted by Gasteiger charge is -2.20. The molecule has 6 aromatic carbocycles. The number of aliphatic hydroxyl groups excluding tert-OH is 2. The van der Waals surface area contributed by atoms with Crippen molar-refractivity contribution in [2.45, 2.75) is 89.9 Å². The molecule has 8 aromatic rings. The zero-order valence-corrected chi connectivity index (χ0v) is 46.6. The molecule has 2 aromatic heterocycles. The molecule has 0 radical (unpaired) electrons. The molecular formula is C59H61Cl2N7O15. The van der Waals surface area contributed by atoms with E-state index in [-0.39, 0.29) is 54.5 Å². The first-order valence-corrected chi connectivity index (χ1v) is 26.9. The van der Waals surface area contributed by atoms with Gasteiger partial charge in [-0.25, -0.2) is 14.4 Å². The van der Waals surface area contributed by atoms with Crippen LogP contribution in [0.2, 0.25) is 10.0 Å². The van der Waals surface area contributed by atoms with E-state index < -0.39 is 67.6 Å². The van der Waals surface area contributed by atoms with Gasteiger partial charge in [0.15, 0.2) is 18.0 Å². The van der Waals surface area contributed by atoms with Crippen molar-refractivity contribution >= 4 is 80.9 Å². The maximum atomic E-state index is 13.3. The van der Waals surface area contributed by atoms with Crippen LogP contribution in [0.1, 0.15) is 90.6 Å². The predicted molar refractivity (Wildman–Crippen MR) is 303 cm³/mol. The molecule has 83 heavy (non-hydrogen) atoms. The summed E-state index contributed by atoms with van der Waals surface area (Å²) in [6.45, 7) is 2.56. The highest BCUT2D eigenvalue weighted by molar-refractivity contribution is 6.31. The number of benzene rings is 6. The minimum atomic E-state index is -1.53. The number of nitrogens with two attached hydrogens (primary N) is 1. The number of hydrogen-bond donors (Lipinski definition) is 6. The number of aromatic nitrogens is 6. The number of carbonyl (C=O) groups excluding carboxylic acids is 5. The molecule has 22 nitrogen and oxygen atoms in total. The molecule has 0 saturated carbocycles. The lowest BCUT2D eigenvalue weighted by molar-refractivity contribution is -0.175. The lowest BCUT2D eigenvalue weighted by atomic mass is 9.87. The monoisotopic (exact) mass is 1180 g/mol. The largest absolute Gasteiger partial charge is 0.478 e. The summed E-state index contributed by atoms with van der Waals surface area (Å²) in [5.41, 5.74) is 13.8. The van der Waals surface area contributed by atoms with E-state index >= 15 is 0 Å². The minimum absolute atomic E-state index is 0.00434. The maximum absolute atomic E-state index is 13.3. The van der Waals surface area contributed by atoms with Gasteiger partial charge >= 0.3 is 29.8 Å². The van der Waals surface area contributed by atoms with Crippen LogP contribution in [0, 0.1) is 5.92 Å². The molecule has 0 amide bonds. The van der Waals surface area contributed by atoms with Crippen LogP contribution in [0.4, 0.5) is 0 Å². The van der Waals surface area contributed by atoms with Gasteiger partial charge in [0, 0.05) is 40.9 Å². The molecule has 2 heterocycles. The van der Waals surface area contributed by atoms with E-state index in [0.29, 0.717) is 62.0 Å². The van der Waals surface area contributed by atoms with Crippen LogP contribution in [-0.2, 0) is 51.0 Å². The molecule has 0 bridgehead atoms. The molecule has 24 heteroatoms. The van der Waals surface area contributed by atoms with Crippen molar-refractivity contribution in [2.24, 2.45) is 11.7 Å². The lowest BCUT2D eigenvalue weighted by Crippen LogP contribution is -2.34. The van der Waals surface area contributed by atoms with Crippen molar-refractivity contribution in [3.8, 4) is 22.3 Å². The van der Waals surface area contributed by atoms with Gasteiger partial charge in [0.25, 0.3) is 0 Å². The number of carbonyl (C=O) groups is 6. The summed E-state index contributed by atoms with van der Waals surface area (Å²) in [5, 5.41) is 63.6. The van der Waals surface area contributed by atoms with Crippen molar-refractivity contribution in [2.75, 3.05) is 13.6 Å². The Hall–Kier alpha value is -8.80. The number of Topliss-reactive ketones (excluding diaryl/α,β-unsaturated/α-hetero) is 1. The molecule has 4 atom stereocenters. The van der Waals surface area contributed by atoms with E-state index in [1.54, 1.807) is 18.2 Å². The Labute approximate surface area is 485 Å². The molecule has 0 unspecified atom stereocenters. The topological polar surface area (TPSA) is 328 Å². The SMILES string of the molecule is CCCC(=O)OCOC(=O)[C@H](O)C[C@H](CC(=O)c1ccc2nnn(O)c2c1)Cc1ccc(-c2cccc(Cl)c2)cc1.CCCC(=O)OCOC(=O)[C@H](O)C[C@H](N)Cc1ccc(-c2cccc(Cl)c2)cc1.O=C(O)c1ccc2nnn(O)c2c1. The van der Waals surface area contributed by atoms with E-state index in [1.807, 2.05) is 105 Å². The van der Waals surface area contributed by atoms with Crippen LogP contribution in [-0.4, -0.2) is 124 Å². The first-order chi connectivity index (χ1) is 39.8. The van der Waals surface area contributed by atoms with Crippen LogP contribution < -0.4 is 5.73 Å². The number of ether oxygens (including phenoxy) is 4. The second-order valence-electron chi connectivity index (χ2n) is 18.9. The van der Waals surface area contributed by atoms with Gasteiger partial charge in [-0.15, -0.1) is 10.2 Å². The number of hydrogen-bond acceptors (Lipinski definition) is 19. The summed E-state index contributed by atoms with van der Waals surface area (Å²) >= 11 is 12.2. The van der Waals surface area contributed by atoms with Gasteiger partial charge in [-0.3, -0.25) is 14.4 Å². The van der Waals surface area contributed by atoms with Gasteiger partial charge < -0.3 is 50.4 Å². The van der Waals surface area contributed by atoms with Gasteiger partial charge in [-0.05, 0) is 149 Å². The Morgan fingerprint density at radius 2 is 1.00 bits per heavy atom. The smallest absolute Gasteiger partial charge is 0.337 e. The summed E-state index contributed by atoms with van der Waals surface area (Å²) in [7, 11) is 0. The van der Waals surface area contributed by atoms with Crippen LogP contribution in [0.15, 0.2) is 133 Å². The van der Waals surface area contributed by atoms with Crippen molar-refractivity contribution in [1.82, 2.24) is 30.3 Å². The Morgan fingerprint density at radius 1 is 0.554 bits per heavy atom. The molecule has 0 aliphatic heterocycles. The third-order valence-electron chi connectivity index (χ3n) is 12.5. The average Bonchev–Trinajstić information content (AvgIpc) is 4.28. The fourth-order valence-corrected chi connectivity index (χ4v) is 8.69. The molecule has 0 spiro atoms. The first kappa shape index (κ1) is 63.4. The van der Waals surface area contributed by atoms with E-state index in [2.05, 4.69) is 20.6 Å². The summed E-state index contributed by atoms with van der Waals surface area (Å²) in [6, 6.07) is 39.1. The zero-order chi connectivity index (χ0) is 60.0. The Bertz CT molecular complexity index is 3490. The zero-order valence-electron chi connectivity index (χ0n) is 45.1. The van der Waals surface area contributed by atoms with Crippen molar-refractivity contribution in [3.63, 3.8) is 0 Å². The number of nitrogens with zero attached hydrogens (tertiary/aromatic N) is 6. The number of halogens is 2. The number of carboxylic acids is 1. The standard InChI is InChI=1S/C30H30ClN3O7.C22H26ClNO5.C7H5N3O3/c1-2-4-29(37)40-18-41-30(38)28(36)15-20(14-27(35)23-11-12-25-26(17-23)34(39)33-32-25)13-19-7-9-21(10-8-19)22-5-3-6-24(31)16-22;1-2-4-21(26)28-14-29-22(27)20(25)13-19(24)11-15-7-9-16(10-8-15)17-5-3-6-18(23)12-17;11-7(12)4-1-2-5-6(3-4)10(13)9-8-5/h3,5-12,16-17,20,28,36,39H,2,4,13-15,18H2,1H3;3,5-10,12,19-20,25H,2,4,11,13-14,24H2,1H3;1-3,13H,(H,11,12)/t20-,28+;19-,20-;/m01./s1. The fourth-order valence-electron chi connectivity index (χ4n) is 8.31. The van der Waals surface area contributed by atoms with Crippen molar-refractivity contribution < 1.29 is 73.4 Å². The van der Waals surface area contributed by atoms with Gasteiger partial charge in [0.1, 0.15) is 22.1 Å². The predicted octanol–water partition coefficient (Wildman–Crippen LogP) is 8.85. The van der Waals surface area contributed by atoms with Crippen LogP contribution in [0.5, 0.6) is 0 Å². The number of ketones is 1. The number of aromatic carboxylic acids is 1. The van der Waals surface area contributed by atoms with Crippen LogP contribution in [0.25, 0.3) is 44.3 Å². The highest BCUT2D eigenvalue weighted by atomic mass is 35.5. The maximum Gasteiger partial charge on any atom is 0.337 e. The molecule has 8 rings (SSSR count). The minimum Gasteiger partial charge on any atom is -0.478 e. The number of esters is 4. The summed E-state index contributed by atoms with van der Waals surface area (Å²) < 4.78 is 19.2. The molecule has 0 aliphatic carbocycles. The Kier molecular flexibility index (Phi) is 24.0. The van der Waals surface area contributed by atoms with E-state index in [0.717, 1.165) is 33.4 Å². The molecule has 7 N–H and O–H groups in total. The molecule has 0 aliphatic rings. The second kappa shape index (κ2) is 31.4. The highest BCUT2D eigenvalue weighted by Crippen LogP contribution is 2.28. The molecule has 0 saturated heterocycles.